The zero-order valence-corrected chi connectivity index (χ0v) is 16.2. The zero-order chi connectivity index (χ0) is 20.0. The number of nitrogens with one attached hydrogen (secondary N) is 1. The van der Waals surface area contributed by atoms with Gasteiger partial charge in [-0.15, -0.1) is 0 Å². The standard InChI is InChI=1S/C18H26N4O5/c1-18(2,3)27-17(25)22-9-7-21(8-10-22)15-14(16(24)26-4)6-5-13(20-15)11-19-12-23/h5-6,12H,7-11H2,1-4H3,(H,19,23). The van der Waals surface area contributed by atoms with Gasteiger partial charge in [0.15, 0.2) is 0 Å². The van der Waals surface area contributed by atoms with E-state index in [-0.39, 0.29) is 12.6 Å². The smallest absolute Gasteiger partial charge is 0.410 e. The Hall–Kier alpha value is -2.84. The van der Waals surface area contributed by atoms with Crippen molar-refractivity contribution < 1.29 is 23.9 Å². The van der Waals surface area contributed by atoms with Gasteiger partial charge in [-0.2, -0.15) is 0 Å². The number of carbonyl (C=O) groups excluding carboxylic acids is 3. The Labute approximate surface area is 158 Å². The fraction of sp³-hybridized carbons (Fsp3) is 0.556. The van der Waals surface area contributed by atoms with Crippen LogP contribution in [0, 0.1) is 0 Å². The summed E-state index contributed by atoms with van der Waals surface area (Å²) in [6.07, 6.45) is 0.238. The minimum absolute atomic E-state index is 0.260. The third-order valence-electron chi connectivity index (χ3n) is 3.94. The molecule has 0 radical (unpaired) electrons. The Kier molecular flexibility index (Phi) is 6.59. The molecule has 0 bridgehead atoms. The predicted molar refractivity (Wildman–Crippen MR) is 98.5 cm³/mol. The minimum Gasteiger partial charge on any atom is -0.465 e. The molecule has 1 fully saturated rings. The number of piperazine rings is 1. The van der Waals surface area contributed by atoms with E-state index >= 15 is 0 Å². The third-order valence-corrected chi connectivity index (χ3v) is 3.94. The van der Waals surface area contributed by atoms with Crippen molar-refractivity contribution >= 4 is 24.3 Å². The van der Waals surface area contributed by atoms with Crippen LogP contribution in [0.4, 0.5) is 10.6 Å². The van der Waals surface area contributed by atoms with E-state index in [0.29, 0.717) is 49.7 Å². The zero-order valence-electron chi connectivity index (χ0n) is 16.2. The van der Waals surface area contributed by atoms with Gasteiger partial charge in [0.2, 0.25) is 6.41 Å². The van der Waals surface area contributed by atoms with E-state index in [0.717, 1.165) is 0 Å². The van der Waals surface area contributed by atoms with Crippen LogP contribution in [0.15, 0.2) is 12.1 Å². The van der Waals surface area contributed by atoms with Crippen LogP contribution in [0.3, 0.4) is 0 Å². The molecule has 9 heteroatoms. The number of pyridine rings is 1. The molecule has 0 unspecified atom stereocenters. The summed E-state index contributed by atoms with van der Waals surface area (Å²) in [4.78, 5) is 42.9. The second-order valence-electron chi connectivity index (χ2n) is 7.12. The number of rotatable bonds is 5. The average molecular weight is 378 g/mol. The van der Waals surface area contributed by atoms with E-state index in [4.69, 9.17) is 9.47 Å². The Balaban J connectivity index is 2.14. The Bertz CT molecular complexity index is 693. The lowest BCUT2D eigenvalue weighted by atomic mass is 10.2. The van der Waals surface area contributed by atoms with Gasteiger partial charge in [0.1, 0.15) is 17.0 Å². The highest BCUT2D eigenvalue weighted by atomic mass is 16.6. The van der Waals surface area contributed by atoms with Crippen molar-refractivity contribution in [2.24, 2.45) is 0 Å². The summed E-state index contributed by atoms with van der Waals surface area (Å²) in [5.41, 5.74) is 0.422. The van der Waals surface area contributed by atoms with Crippen molar-refractivity contribution in [3.8, 4) is 0 Å². The molecule has 0 saturated carbocycles. The van der Waals surface area contributed by atoms with Crippen molar-refractivity contribution in [3.05, 3.63) is 23.4 Å². The fourth-order valence-corrected chi connectivity index (χ4v) is 2.67. The molecular formula is C18H26N4O5. The van der Waals surface area contributed by atoms with E-state index in [1.165, 1.54) is 7.11 Å². The topological polar surface area (TPSA) is 101 Å². The molecular weight excluding hydrogens is 352 g/mol. The number of methoxy groups -OCH3 is 1. The van der Waals surface area contributed by atoms with Gasteiger partial charge in [-0.05, 0) is 32.9 Å². The molecule has 1 aliphatic rings. The number of esters is 1. The second kappa shape index (κ2) is 8.70. The molecule has 0 atom stereocenters. The number of amides is 2. The Morgan fingerprint density at radius 2 is 1.89 bits per heavy atom. The van der Waals surface area contributed by atoms with Gasteiger partial charge in [0.05, 0.1) is 19.3 Å². The highest BCUT2D eigenvalue weighted by molar-refractivity contribution is 5.94. The highest BCUT2D eigenvalue weighted by Crippen LogP contribution is 2.22. The molecule has 0 spiro atoms. The molecule has 1 N–H and O–H groups in total. The van der Waals surface area contributed by atoms with Crippen molar-refractivity contribution in [2.45, 2.75) is 32.9 Å². The van der Waals surface area contributed by atoms with Gasteiger partial charge < -0.3 is 24.6 Å². The van der Waals surface area contributed by atoms with Crippen LogP contribution >= 0.6 is 0 Å². The van der Waals surface area contributed by atoms with Crippen LogP contribution in [-0.4, -0.2) is 67.2 Å². The molecule has 2 amide bonds. The quantitative estimate of drug-likeness (QED) is 0.606. The lowest BCUT2D eigenvalue weighted by molar-refractivity contribution is -0.109. The van der Waals surface area contributed by atoms with Gasteiger partial charge in [0, 0.05) is 26.2 Å². The first kappa shape index (κ1) is 20.5. The van der Waals surface area contributed by atoms with E-state index in [1.54, 1.807) is 17.0 Å². The van der Waals surface area contributed by atoms with Crippen molar-refractivity contribution in [3.63, 3.8) is 0 Å². The first-order valence-corrected chi connectivity index (χ1v) is 8.73. The number of carbonyl (C=O) groups is 3. The molecule has 1 saturated heterocycles. The number of hydrogen-bond acceptors (Lipinski definition) is 7. The van der Waals surface area contributed by atoms with Crippen molar-refractivity contribution in [1.29, 1.82) is 0 Å². The van der Waals surface area contributed by atoms with E-state index in [1.807, 2.05) is 25.7 Å². The van der Waals surface area contributed by atoms with Crippen molar-refractivity contribution in [1.82, 2.24) is 15.2 Å². The summed E-state index contributed by atoms with van der Waals surface area (Å²) in [5.74, 6) is -0.00199. The summed E-state index contributed by atoms with van der Waals surface area (Å²) >= 11 is 0. The molecule has 27 heavy (non-hydrogen) atoms. The summed E-state index contributed by atoms with van der Waals surface area (Å²) in [6, 6.07) is 3.30. The molecule has 1 aromatic rings. The number of hydrogen-bond donors (Lipinski definition) is 1. The number of aromatic nitrogens is 1. The SMILES string of the molecule is COC(=O)c1ccc(CNC=O)nc1N1CCN(C(=O)OC(C)(C)C)CC1. The summed E-state index contributed by atoms with van der Waals surface area (Å²) in [5, 5.41) is 2.55. The van der Waals surface area contributed by atoms with Crippen LogP contribution < -0.4 is 10.2 Å². The first-order valence-electron chi connectivity index (χ1n) is 8.73. The van der Waals surface area contributed by atoms with E-state index in [9.17, 15) is 14.4 Å². The van der Waals surface area contributed by atoms with Crippen LogP contribution in [0.25, 0.3) is 0 Å². The number of anilines is 1. The molecule has 9 nitrogen and oxygen atoms in total. The molecule has 1 aliphatic heterocycles. The largest absolute Gasteiger partial charge is 0.465 e. The van der Waals surface area contributed by atoms with Gasteiger partial charge in [-0.1, -0.05) is 0 Å². The van der Waals surface area contributed by atoms with E-state index in [2.05, 4.69) is 10.3 Å². The van der Waals surface area contributed by atoms with Crippen LogP contribution in [-0.2, 0) is 20.8 Å². The van der Waals surface area contributed by atoms with Gasteiger partial charge in [-0.3, -0.25) is 4.79 Å². The lowest BCUT2D eigenvalue weighted by Gasteiger charge is -2.36. The predicted octanol–water partition coefficient (Wildman–Crippen LogP) is 1.17. The molecule has 0 aliphatic carbocycles. The fourth-order valence-electron chi connectivity index (χ4n) is 2.67. The normalized spacial score (nSPS) is 14.5. The molecule has 0 aromatic carbocycles. The maximum Gasteiger partial charge on any atom is 0.410 e. The molecule has 1 aromatic heterocycles. The van der Waals surface area contributed by atoms with Gasteiger partial charge in [-0.25, -0.2) is 14.6 Å². The van der Waals surface area contributed by atoms with Crippen LogP contribution in [0.1, 0.15) is 36.8 Å². The number of nitrogens with zero attached hydrogens (tertiary/aromatic N) is 3. The van der Waals surface area contributed by atoms with Crippen molar-refractivity contribution in [2.75, 3.05) is 38.2 Å². The van der Waals surface area contributed by atoms with Crippen LogP contribution in [0.2, 0.25) is 0 Å². The summed E-state index contributed by atoms with van der Waals surface area (Å²) < 4.78 is 10.2. The van der Waals surface area contributed by atoms with Gasteiger partial charge >= 0.3 is 12.1 Å². The first-order chi connectivity index (χ1) is 12.7. The minimum atomic E-state index is -0.548. The van der Waals surface area contributed by atoms with E-state index < -0.39 is 11.6 Å². The Morgan fingerprint density at radius 1 is 1.22 bits per heavy atom. The summed E-state index contributed by atoms with van der Waals surface area (Å²) in [6.45, 7) is 7.64. The second-order valence-corrected chi connectivity index (χ2v) is 7.12. The number of ether oxygens (including phenoxy) is 2. The lowest BCUT2D eigenvalue weighted by Crippen LogP contribution is -2.50. The van der Waals surface area contributed by atoms with Gasteiger partial charge in [0.25, 0.3) is 0 Å². The van der Waals surface area contributed by atoms with Crippen LogP contribution in [0.5, 0.6) is 0 Å². The average Bonchev–Trinajstić information content (AvgIpc) is 2.64. The third kappa shape index (κ3) is 5.57. The Morgan fingerprint density at radius 3 is 2.44 bits per heavy atom. The highest BCUT2D eigenvalue weighted by Gasteiger charge is 2.28. The maximum absolute atomic E-state index is 12.2. The summed E-state index contributed by atoms with van der Waals surface area (Å²) in [7, 11) is 1.31. The monoisotopic (exact) mass is 378 g/mol. The molecule has 2 heterocycles. The molecule has 2 rings (SSSR count). The maximum atomic E-state index is 12.2. The molecule has 148 valence electrons.